The van der Waals surface area contributed by atoms with Crippen LogP contribution in [0.2, 0.25) is 0 Å². The van der Waals surface area contributed by atoms with Gasteiger partial charge in [-0.2, -0.15) is 0 Å². The lowest BCUT2D eigenvalue weighted by atomic mass is 9.98. The number of rotatable bonds is 15. The van der Waals surface area contributed by atoms with Crippen LogP contribution in [0.25, 0.3) is 0 Å². The van der Waals surface area contributed by atoms with Gasteiger partial charge in [0.25, 0.3) is 0 Å². The van der Waals surface area contributed by atoms with Crippen molar-refractivity contribution in [1.82, 2.24) is 16.0 Å². The van der Waals surface area contributed by atoms with Crippen molar-refractivity contribution in [3.63, 3.8) is 0 Å². The zero-order valence-electron chi connectivity index (χ0n) is 18.3. The van der Waals surface area contributed by atoms with Gasteiger partial charge >= 0.3 is 5.97 Å². The van der Waals surface area contributed by atoms with Gasteiger partial charge in [-0.25, -0.2) is 4.79 Å². The fraction of sp³-hybridized carbons (Fsp3) is 0.789. The Morgan fingerprint density at radius 2 is 1.52 bits per heavy atom. The number of aliphatic hydroxyl groups is 2. The first-order chi connectivity index (χ1) is 14.5. The number of carbonyl (C=O) groups is 4. The van der Waals surface area contributed by atoms with Crippen LogP contribution in [0.3, 0.4) is 0 Å². The van der Waals surface area contributed by atoms with Crippen LogP contribution in [0.15, 0.2) is 0 Å². The third kappa shape index (κ3) is 10.0. The van der Waals surface area contributed by atoms with Crippen LogP contribution >= 0.6 is 0 Å². The highest BCUT2D eigenvalue weighted by molar-refractivity contribution is 5.94. The van der Waals surface area contributed by atoms with Crippen LogP contribution in [0.4, 0.5) is 0 Å². The molecule has 0 aromatic carbocycles. The zero-order valence-corrected chi connectivity index (χ0v) is 18.3. The second kappa shape index (κ2) is 14.7. The zero-order chi connectivity index (χ0) is 24.1. The van der Waals surface area contributed by atoms with Gasteiger partial charge < -0.3 is 42.7 Å². The van der Waals surface area contributed by atoms with Crippen molar-refractivity contribution in [1.29, 1.82) is 0 Å². The Morgan fingerprint density at radius 3 is 1.97 bits per heavy atom. The molecule has 12 nitrogen and oxygen atoms in total. The van der Waals surface area contributed by atoms with E-state index < -0.39 is 60.6 Å². The number of aliphatic carboxylic acids is 1. The minimum Gasteiger partial charge on any atom is -0.480 e. The second-order valence-corrected chi connectivity index (χ2v) is 7.57. The molecule has 0 aromatic heterocycles. The first-order valence-corrected chi connectivity index (χ1v) is 10.4. The van der Waals surface area contributed by atoms with E-state index in [2.05, 4.69) is 16.0 Å². The van der Waals surface area contributed by atoms with Crippen LogP contribution in [-0.4, -0.2) is 82.4 Å². The van der Waals surface area contributed by atoms with Crippen LogP contribution < -0.4 is 27.4 Å². The van der Waals surface area contributed by atoms with Gasteiger partial charge in [-0.1, -0.05) is 20.3 Å². The summed E-state index contributed by atoms with van der Waals surface area (Å²) in [4.78, 5) is 48.8. The van der Waals surface area contributed by atoms with Crippen molar-refractivity contribution in [2.75, 3.05) is 13.2 Å². The Morgan fingerprint density at radius 1 is 0.935 bits per heavy atom. The summed E-state index contributed by atoms with van der Waals surface area (Å²) >= 11 is 0. The van der Waals surface area contributed by atoms with Gasteiger partial charge in [0.15, 0.2) is 0 Å². The number of nitrogens with two attached hydrogens (primary N) is 2. The molecule has 10 N–H and O–H groups in total. The first-order valence-electron chi connectivity index (χ1n) is 10.4. The highest BCUT2D eigenvalue weighted by Crippen LogP contribution is 2.09. The molecule has 0 rings (SSSR count). The lowest BCUT2D eigenvalue weighted by molar-refractivity contribution is -0.144. The summed E-state index contributed by atoms with van der Waals surface area (Å²) in [6.45, 7) is 4.46. The molecular formula is C19H37N5O7. The summed E-state index contributed by atoms with van der Waals surface area (Å²) in [6.07, 6.45) is 0.413. The summed E-state index contributed by atoms with van der Waals surface area (Å²) < 4.78 is 0. The van der Waals surface area contributed by atoms with E-state index in [0.29, 0.717) is 25.8 Å². The molecule has 0 aliphatic rings. The number of hydrogen-bond acceptors (Lipinski definition) is 8. The lowest BCUT2D eigenvalue weighted by Crippen LogP contribution is -2.60. The molecule has 6 atom stereocenters. The standard InChI is InChI=1S/C19H37N5O7/c1-4-10(2)14(19(30)31)23-18(29)15(11(3)26)24-17(28)13(7-5-6-8-20)22-16(27)12(21)9-25/h10-15,25-26H,4-9,20-21H2,1-3H3,(H,22,27)(H,23,29)(H,24,28)(H,30,31). The van der Waals surface area contributed by atoms with Gasteiger partial charge in [-0.3, -0.25) is 14.4 Å². The monoisotopic (exact) mass is 447 g/mol. The number of amides is 3. The maximum atomic E-state index is 12.7. The molecule has 180 valence electrons. The van der Waals surface area contributed by atoms with Crippen LogP contribution in [0, 0.1) is 5.92 Å². The Balaban J connectivity index is 5.40. The van der Waals surface area contributed by atoms with Crippen molar-refractivity contribution in [3.05, 3.63) is 0 Å². The van der Waals surface area contributed by atoms with E-state index in [1.807, 2.05) is 0 Å². The van der Waals surface area contributed by atoms with E-state index in [4.69, 9.17) is 16.6 Å². The number of carbonyl (C=O) groups excluding carboxylic acids is 3. The van der Waals surface area contributed by atoms with Crippen LogP contribution in [0.5, 0.6) is 0 Å². The van der Waals surface area contributed by atoms with Gasteiger partial charge in [0.2, 0.25) is 17.7 Å². The second-order valence-electron chi connectivity index (χ2n) is 7.57. The summed E-state index contributed by atoms with van der Waals surface area (Å²) in [7, 11) is 0. The molecule has 0 fully saturated rings. The number of carboxylic acid groups (broad SMARTS) is 1. The molecule has 3 amide bonds. The quantitative estimate of drug-likeness (QED) is 0.123. The number of aliphatic hydroxyl groups excluding tert-OH is 2. The molecule has 0 aliphatic heterocycles. The number of carboxylic acids is 1. The summed E-state index contributed by atoms with van der Waals surface area (Å²) in [5, 5.41) is 35.5. The fourth-order valence-corrected chi connectivity index (χ4v) is 2.71. The molecule has 31 heavy (non-hydrogen) atoms. The van der Waals surface area contributed by atoms with E-state index in [0.717, 1.165) is 0 Å². The SMILES string of the molecule is CCC(C)C(NC(=O)C(NC(=O)C(CCCCN)NC(=O)C(N)CO)C(C)O)C(=O)O. The molecule has 0 spiro atoms. The van der Waals surface area contributed by atoms with Crippen molar-refractivity contribution in [3.8, 4) is 0 Å². The van der Waals surface area contributed by atoms with Crippen molar-refractivity contribution in [2.24, 2.45) is 17.4 Å². The van der Waals surface area contributed by atoms with E-state index >= 15 is 0 Å². The third-order valence-corrected chi connectivity index (χ3v) is 4.95. The Hall–Kier alpha value is -2.28. The minimum atomic E-state index is -1.45. The van der Waals surface area contributed by atoms with Gasteiger partial charge in [-0.15, -0.1) is 0 Å². The maximum Gasteiger partial charge on any atom is 0.326 e. The first kappa shape index (κ1) is 28.7. The molecule has 6 unspecified atom stereocenters. The normalized spacial score (nSPS) is 16.9. The Labute approximate surface area is 182 Å². The summed E-state index contributed by atoms with van der Waals surface area (Å²) in [5.74, 6) is -3.99. The molecule has 0 bridgehead atoms. The average molecular weight is 448 g/mol. The van der Waals surface area contributed by atoms with Gasteiger partial charge in [0.1, 0.15) is 24.2 Å². The molecule has 12 heteroatoms. The number of hydrogen-bond donors (Lipinski definition) is 8. The third-order valence-electron chi connectivity index (χ3n) is 4.95. The molecule has 0 radical (unpaired) electrons. The molecule has 0 aliphatic carbocycles. The maximum absolute atomic E-state index is 12.7. The topological polar surface area (TPSA) is 217 Å². The number of unbranched alkanes of at least 4 members (excludes halogenated alkanes) is 1. The van der Waals surface area contributed by atoms with Crippen LogP contribution in [-0.2, 0) is 19.2 Å². The molecule has 0 aromatic rings. The van der Waals surface area contributed by atoms with E-state index in [1.165, 1.54) is 6.92 Å². The van der Waals surface area contributed by atoms with Crippen molar-refractivity contribution < 1.29 is 34.5 Å². The smallest absolute Gasteiger partial charge is 0.326 e. The highest BCUT2D eigenvalue weighted by atomic mass is 16.4. The largest absolute Gasteiger partial charge is 0.480 e. The predicted molar refractivity (Wildman–Crippen MR) is 113 cm³/mol. The summed E-state index contributed by atoms with van der Waals surface area (Å²) in [5.41, 5.74) is 10.9. The van der Waals surface area contributed by atoms with Gasteiger partial charge in [0, 0.05) is 0 Å². The van der Waals surface area contributed by atoms with Crippen LogP contribution in [0.1, 0.15) is 46.5 Å². The summed E-state index contributed by atoms with van der Waals surface area (Å²) in [6, 6.07) is -4.96. The molecule has 0 saturated heterocycles. The average Bonchev–Trinajstić information content (AvgIpc) is 2.72. The van der Waals surface area contributed by atoms with E-state index in [1.54, 1.807) is 13.8 Å². The fourth-order valence-electron chi connectivity index (χ4n) is 2.71. The van der Waals surface area contributed by atoms with E-state index in [9.17, 15) is 29.4 Å². The van der Waals surface area contributed by atoms with Crippen molar-refractivity contribution >= 4 is 23.7 Å². The molecule has 0 heterocycles. The minimum absolute atomic E-state index is 0.186. The Kier molecular flexibility index (Phi) is 13.6. The Bertz CT molecular complexity index is 602. The van der Waals surface area contributed by atoms with Gasteiger partial charge in [0.05, 0.1) is 12.7 Å². The molecule has 0 saturated carbocycles. The molecular weight excluding hydrogens is 410 g/mol. The predicted octanol–water partition coefficient (Wildman–Crippen LogP) is -2.60. The number of nitrogens with one attached hydrogen (secondary N) is 3. The lowest BCUT2D eigenvalue weighted by Gasteiger charge is -2.27. The van der Waals surface area contributed by atoms with Gasteiger partial charge in [-0.05, 0) is 38.6 Å². The van der Waals surface area contributed by atoms with E-state index in [-0.39, 0.29) is 12.3 Å². The van der Waals surface area contributed by atoms with Crippen molar-refractivity contribution in [2.45, 2.75) is 76.7 Å². The highest BCUT2D eigenvalue weighted by Gasteiger charge is 2.33.